The Morgan fingerprint density at radius 1 is 1.35 bits per heavy atom. The summed E-state index contributed by atoms with van der Waals surface area (Å²) in [6.45, 7) is 0.0113. The molecule has 0 radical (unpaired) electrons. The zero-order chi connectivity index (χ0) is 14.3. The lowest BCUT2D eigenvalue weighted by atomic mass is 10.1. The lowest BCUT2D eigenvalue weighted by molar-refractivity contribution is -0.287. The van der Waals surface area contributed by atoms with E-state index in [0.717, 1.165) is 6.07 Å². The van der Waals surface area contributed by atoms with Crippen molar-refractivity contribution in [2.24, 2.45) is 0 Å². The van der Waals surface area contributed by atoms with Gasteiger partial charge in [0.05, 0.1) is 6.54 Å². The number of ether oxygens (including phenoxy) is 2. The molecule has 1 aliphatic rings. The molecule has 1 aliphatic heterocycles. The first kappa shape index (κ1) is 12.3. The minimum atomic E-state index is -3.92. The predicted octanol–water partition coefficient (Wildman–Crippen LogP) is 2.26. The number of rotatable bonds is 2. The Kier molecular flexibility index (Phi) is 2.57. The largest absolute Gasteiger partial charge is 0.586 e. The van der Waals surface area contributed by atoms with Gasteiger partial charge < -0.3 is 9.47 Å². The molecule has 0 N–H and O–H groups in total. The highest BCUT2D eigenvalue weighted by Gasteiger charge is 2.46. The van der Waals surface area contributed by atoms with E-state index in [2.05, 4.69) is 14.6 Å². The number of halogens is 3. The van der Waals surface area contributed by atoms with E-state index in [1.807, 2.05) is 0 Å². The molecule has 2 aromatic rings. The Hall–Kier alpha value is -2.69. The van der Waals surface area contributed by atoms with Crippen LogP contribution in [-0.4, -0.2) is 16.1 Å². The maximum atomic E-state index is 13.8. The number of nitriles is 1. The minimum absolute atomic E-state index is 0.0113. The second-order valence-corrected chi connectivity index (χ2v) is 4.03. The van der Waals surface area contributed by atoms with E-state index >= 15 is 0 Å². The first-order valence-electron chi connectivity index (χ1n) is 5.49. The lowest BCUT2D eigenvalue weighted by Crippen LogP contribution is -2.26. The normalized spacial score (nSPS) is 15.1. The van der Waals surface area contributed by atoms with Gasteiger partial charge in [0.2, 0.25) is 0 Å². The Morgan fingerprint density at radius 2 is 2.10 bits per heavy atom. The van der Waals surface area contributed by atoms with Gasteiger partial charge in [0.25, 0.3) is 0 Å². The van der Waals surface area contributed by atoms with Crippen molar-refractivity contribution in [3.05, 3.63) is 41.5 Å². The Labute approximate surface area is 110 Å². The first-order valence-corrected chi connectivity index (χ1v) is 5.49. The van der Waals surface area contributed by atoms with Crippen molar-refractivity contribution in [2.75, 3.05) is 0 Å². The third-order valence-corrected chi connectivity index (χ3v) is 2.71. The second kappa shape index (κ2) is 4.16. The monoisotopic (exact) mass is 281 g/mol. The maximum Gasteiger partial charge on any atom is 0.586 e. The van der Waals surface area contributed by atoms with Crippen molar-refractivity contribution in [2.45, 2.75) is 12.8 Å². The summed E-state index contributed by atoms with van der Waals surface area (Å²) < 4.78 is 50.0. The molecule has 0 saturated heterocycles. The molecule has 3 rings (SSSR count). The van der Waals surface area contributed by atoms with Gasteiger partial charge in [-0.05, 0) is 12.1 Å². The SMILES string of the molecule is N#Cc1c(F)cc(Cn2cccn2)c2c1OC(F)(F)O2. The molecule has 102 valence electrons. The summed E-state index contributed by atoms with van der Waals surface area (Å²) in [7, 11) is 0. The standard InChI is InChI=1S/C12H6F3N3O2/c13-9-4-7(6-18-3-1-2-17-18)10-11(8(9)5-16)20-12(14,15)19-10/h1-4H,6H2. The van der Waals surface area contributed by atoms with E-state index < -0.39 is 23.4 Å². The van der Waals surface area contributed by atoms with Crippen molar-refractivity contribution in [3.8, 4) is 17.6 Å². The quantitative estimate of drug-likeness (QED) is 0.847. The molecule has 5 nitrogen and oxygen atoms in total. The number of aromatic nitrogens is 2. The summed E-state index contributed by atoms with van der Waals surface area (Å²) >= 11 is 0. The Bertz CT molecular complexity index is 708. The lowest BCUT2D eigenvalue weighted by Gasteiger charge is -2.08. The molecular weight excluding hydrogens is 275 g/mol. The van der Waals surface area contributed by atoms with Gasteiger partial charge >= 0.3 is 6.29 Å². The average Bonchev–Trinajstić information content (AvgIpc) is 2.96. The molecule has 0 saturated carbocycles. The van der Waals surface area contributed by atoms with Crippen LogP contribution in [0, 0.1) is 17.1 Å². The van der Waals surface area contributed by atoms with E-state index in [-0.39, 0.29) is 17.9 Å². The smallest absolute Gasteiger partial charge is 0.395 e. The minimum Gasteiger partial charge on any atom is -0.395 e. The summed E-state index contributed by atoms with van der Waals surface area (Å²) in [4.78, 5) is 0. The maximum absolute atomic E-state index is 13.8. The molecule has 0 atom stereocenters. The topological polar surface area (TPSA) is 60.1 Å². The van der Waals surface area contributed by atoms with Gasteiger partial charge in [-0.1, -0.05) is 0 Å². The molecular formula is C12H6F3N3O2. The zero-order valence-electron chi connectivity index (χ0n) is 9.81. The number of nitrogens with zero attached hydrogens (tertiary/aromatic N) is 3. The van der Waals surface area contributed by atoms with Gasteiger partial charge in [-0.3, -0.25) is 4.68 Å². The van der Waals surface area contributed by atoms with E-state index in [1.54, 1.807) is 12.3 Å². The Morgan fingerprint density at radius 3 is 2.75 bits per heavy atom. The van der Waals surface area contributed by atoms with Crippen LogP contribution in [0.15, 0.2) is 24.5 Å². The average molecular weight is 281 g/mol. The van der Waals surface area contributed by atoms with Crippen molar-refractivity contribution in [1.29, 1.82) is 5.26 Å². The van der Waals surface area contributed by atoms with Crippen molar-refractivity contribution < 1.29 is 22.6 Å². The summed E-state index contributed by atoms with van der Waals surface area (Å²) in [6, 6.07) is 4.08. The van der Waals surface area contributed by atoms with Crippen LogP contribution in [0.2, 0.25) is 0 Å². The van der Waals surface area contributed by atoms with Crippen molar-refractivity contribution in [1.82, 2.24) is 9.78 Å². The van der Waals surface area contributed by atoms with Gasteiger partial charge in [-0.25, -0.2) is 4.39 Å². The van der Waals surface area contributed by atoms with E-state index in [1.165, 1.54) is 16.9 Å². The zero-order valence-corrected chi connectivity index (χ0v) is 9.81. The van der Waals surface area contributed by atoms with Crippen LogP contribution in [0.5, 0.6) is 11.5 Å². The van der Waals surface area contributed by atoms with Crippen LogP contribution in [0.4, 0.5) is 13.2 Å². The van der Waals surface area contributed by atoms with Crippen LogP contribution in [0.3, 0.4) is 0 Å². The molecule has 20 heavy (non-hydrogen) atoms. The number of benzene rings is 1. The fraction of sp³-hybridized carbons (Fsp3) is 0.167. The number of hydrogen-bond acceptors (Lipinski definition) is 4. The van der Waals surface area contributed by atoms with Gasteiger partial charge in [0.1, 0.15) is 17.4 Å². The van der Waals surface area contributed by atoms with Crippen LogP contribution in [0.25, 0.3) is 0 Å². The van der Waals surface area contributed by atoms with Crippen molar-refractivity contribution >= 4 is 0 Å². The third kappa shape index (κ3) is 1.93. The second-order valence-electron chi connectivity index (χ2n) is 4.03. The van der Waals surface area contributed by atoms with Gasteiger partial charge in [0.15, 0.2) is 11.5 Å². The first-order chi connectivity index (χ1) is 9.50. The summed E-state index contributed by atoms with van der Waals surface area (Å²) in [6.07, 6.45) is -0.844. The molecule has 8 heteroatoms. The highest BCUT2D eigenvalue weighted by atomic mass is 19.3. The molecule has 1 aromatic heterocycles. The van der Waals surface area contributed by atoms with E-state index in [4.69, 9.17) is 5.26 Å². The fourth-order valence-corrected chi connectivity index (χ4v) is 1.92. The van der Waals surface area contributed by atoms with Crippen LogP contribution in [0.1, 0.15) is 11.1 Å². The van der Waals surface area contributed by atoms with Crippen LogP contribution < -0.4 is 9.47 Å². The van der Waals surface area contributed by atoms with E-state index in [0.29, 0.717) is 0 Å². The summed E-state index contributed by atoms with van der Waals surface area (Å²) in [5.41, 5.74) is -0.501. The number of alkyl halides is 2. The van der Waals surface area contributed by atoms with E-state index in [9.17, 15) is 13.2 Å². The highest BCUT2D eigenvalue weighted by molar-refractivity contribution is 5.59. The Balaban J connectivity index is 2.11. The predicted molar refractivity (Wildman–Crippen MR) is 58.6 cm³/mol. The van der Waals surface area contributed by atoms with Gasteiger partial charge in [0, 0.05) is 18.0 Å². The molecule has 0 amide bonds. The fourth-order valence-electron chi connectivity index (χ4n) is 1.92. The summed E-state index contributed by atoms with van der Waals surface area (Å²) in [5.74, 6) is -1.88. The molecule has 0 unspecified atom stereocenters. The van der Waals surface area contributed by atoms with Crippen LogP contribution in [-0.2, 0) is 6.54 Å². The van der Waals surface area contributed by atoms with Crippen LogP contribution >= 0.6 is 0 Å². The third-order valence-electron chi connectivity index (χ3n) is 2.71. The molecule has 0 aliphatic carbocycles. The number of hydrogen-bond donors (Lipinski definition) is 0. The van der Waals surface area contributed by atoms with Gasteiger partial charge in [-0.15, -0.1) is 8.78 Å². The molecule has 1 aromatic carbocycles. The highest BCUT2D eigenvalue weighted by Crippen LogP contribution is 2.46. The molecule has 0 fully saturated rings. The van der Waals surface area contributed by atoms with Crippen molar-refractivity contribution in [3.63, 3.8) is 0 Å². The van der Waals surface area contributed by atoms with Gasteiger partial charge in [-0.2, -0.15) is 10.4 Å². The summed E-state index contributed by atoms with van der Waals surface area (Å²) in [5, 5.41) is 12.7. The molecule has 0 spiro atoms. The molecule has 0 bridgehead atoms. The number of fused-ring (bicyclic) bond motifs is 1. The molecule has 2 heterocycles.